The first kappa shape index (κ1) is 17.2. The van der Waals surface area contributed by atoms with E-state index in [4.69, 9.17) is 4.74 Å². The van der Waals surface area contributed by atoms with Gasteiger partial charge in [-0.2, -0.15) is 8.42 Å². The summed E-state index contributed by atoms with van der Waals surface area (Å²) in [6, 6.07) is 5.83. The van der Waals surface area contributed by atoms with E-state index in [0.717, 1.165) is 0 Å². The molecule has 3 N–H and O–H groups in total. The Morgan fingerprint density at radius 2 is 2.16 bits per heavy atom. The molecule has 1 amide bonds. The van der Waals surface area contributed by atoms with E-state index in [1.54, 1.807) is 23.9 Å². The van der Waals surface area contributed by atoms with Crippen LogP contribution in [0.25, 0.3) is 10.8 Å². The quantitative estimate of drug-likeness (QED) is 0.661. The van der Waals surface area contributed by atoms with Crippen molar-refractivity contribution >= 4 is 32.6 Å². The van der Waals surface area contributed by atoms with E-state index in [1.165, 1.54) is 12.1 Å². The molecule has 0 saturated carbocycles. The molecule has 0 atom stereocenters. The van der Waals surface area contributed by atoms with Crippen molar-refractivity contribution in [2.24, 2.45) is 0 Å². The summed E-state index contributed by atoms with van der Waals surface area (Å²) >= 11 is 0. The van der Waals surface area contributed by atoms with Crippen molar-refractivity contribution in [3.8, 4) is 11.5 Å². The molecule has 134 valence electrons. The molecule has 10 heteroatoms. The Bertz CT molecular complexity index is 948. The number of fused-ring (bicyclic) bond motifs is 1. The first-order chi connectivity index (χ1) is 11.8. The number of aromatic hydroxyl groups is 1. The number of ether oxygens (including phenoxy) is 1. The van der Waals surface area contributed by atoms with Gasteiger partial charge in [0.15, 0.2) is 5.82 Å². The molecule has 1 fully saturated rings. The molecule has 1 saturated heterocycles. The Hall–Kier alpha value is -2.59. The number of phenols is 1. The van der Waals surface area contributed by atoms with Crippen LogP contribution in [0.15, 0.2) is 24.3 Å². The molecule has 3 rings (SSSR count). The zero-order chi connectivity index (χ0) is 18.2. The molecule has 0 aliphatic carbocycles. The number of nitrogens with one attached hydrogen (secondary N) is 2. The van der Waals surface area contributed by atoms with Crippen LogP contribution in [-0.4, -0.2) is 46.2 Å². The zero-order valence-electron chi connectivity index (χ0n) is 13.2. The third-order valence-electron chi connectivity index (χ3n) is 3.69. The number of hydrogen-bond donors (Lipinski definition) is 3. The van der Waals surface area contributed by atoms with E-state index >= 15 is 0 Å². The molecule has 0 aromatic heterocycles. The van der Waals surface area contributed by atoms with Gasteiger partial charge in [-0.25, -0.2) is 13.4 Å². The normalized spacial score (nSPS) is 16.2. The van der Waals surface area contributed by atoms with Gasteiger partial charge in [-0.3, -0.25) is 4.79 Å². The summed E-state index contributed by atoms with van der Waals surface area (Å²) in [5.41, 5.74) is -0.571. The summed E-state index contributed by atoms with van der Waals surface area (Å²) in [7, 11) is -2.47. The molecule has 1 heterocycles. The standard InChI is InChI=1S/C15H16FN3O5S/c1-17-4-5-24-10-3-2-9-6-12(20)15(14(16)11(9)7-10)19-8-13(21)18-25(19,22)23/h2-3,6-7,17,20H,4-5,8H2,1H3,(H,18,21). The van der Waals surface area contributed by atoms with Gasteiger partial charge in [0.1, 0.15) is 30.3 Å². The van der Waals surface area contributed by atoms with Crippen LogP contribution in [-0.2, 0) is 15.0 Å². The second-order valence-electron chi connectivity index (χ2n) is 5.43. The lowest BCUT2D eigenvalue weighted by atomic mass is 10.1. The van der Waals surface area contributed by atoms with Gasteiger partial charge in [-0.1, -0.05) is 6.07 Å². The van der Waals surface area contributed by atoms with Gasteiger partial charge in [0.05, 0.1) is 0 Å². The summed E-state index contributed by atoms with van der Waals surface area (Å²) < 4.78 is 46.5. The van der Waals surface area contributed by atoms with Crippen molar-refractivity contribution in [3.63, 3.8) is 0 Å². The first-order valence-electron chi connectivity index (χ1n) is 7.39. The molecule has 8 nitrogen and oxygen atoms in total. The third-order valence-corrected chi connectivity index (χ3v) is 5.07. The van der Waals surface area contributed by atoms with E-state index in [9.17, 15) is 22.7 Å². The number of carbonyl (C=O) groups excluding carboxylic acids is 1. The highest BCUT2D eigenvalue weighted by molar-refractivity contribution is 7.92. The average molecular weight is 369 g/mol. The van der Waals surface area contributed by atoms with Crippen molar-refractivity contribution in [2.75, 3.05) is 31.0 Å². The Labute approximate surface area is 143 Å². The minimum atomic E-state index is -4.24. The van der Waals surface area contributed by atoms with E-state index in [0.29, 0.717) is 28.6 Å². The van der Waals surface area contributed by atoms with E-state index < -0.39 is 39.9 Å². The molecule has 25 heavy (non-hydrogen) atoms. The number of nitrogens with zero attached hydrogens (tertiary/aromatic N) is 1. The number of hydrogen-bond acceptors (Lipinski definition) is 6. The minimum Gasteiger partial charge on any atom is -0.506 e. The maximum atomic E-state index is 14.9. The summed E-state index contributed by atoms with van der Waals surface area (Å²) in [6.45, 7) is 0.366. The predicted octanol–water partition coefficient (Wildman–Crippen LogP) is 0.464. The minimum absolute atomic E-state index is 0.0734. The van der Waals surface area contributed by atoms with Crippen LogP contribution in [0.4, 0.5) is 10.1 Å². The lowest BCUT2D eigenvalue weighted by Crippen LogP contribution is -2.30. The van der Waals surface area contributed by atoms with Crippen molar-refractivity contribution in [3.05, 3.63) is 30.1 Å². The highest BCUT2D eigenvalue weighted by atomic mass is 32.2. The van der Waals surface area contributed by atoms with Gasteiger partial charge in [0, 0.05) is 11.9 Å². The number of phenolic OH excluding ortho intramolecular Hbond substituents is 1. The van der Waals surface area contributed by atoms with Crippen LogP contribution >= 0.6 is 0 Å². The molecule has 0 unspecified atom stereocenters. The second-order valence-corrected chi connectivity index (χ2v) is 7.03. The molecule has 1 aliphatic rings. The molecule has 2 aromatic carbocycles. The summed E-state index contributed by atoms with van der Waals surface area (Å²) in [5, 5.41) is 13.4. The van der Waals surface area contributed by atoms with Crippen LogP contribution in [0.1, 0.15) is 0 Å². The van der Waals surface area contributed by atoms with Crippen LogP contribution in [0, 0.1) is 5.82 Å². The molecule has 2 aromatic rings. The Kier molecular flexibility index (Phi) is 4.39. The fourth-order valence-electron chi connectivity index (χ4n) is 2.55. The highest BCUT2D eigenvalue weighted by Gasteiger charge is 2.37. The van der Waals surface area contributed by atoms with Gasteiger partial charge in [0.25, 0.3) is 5.91 Å². The lowest BCUT2D eigenvalue weighted by molar-refractivity contribution is -0.117. The summed E-state index contributed by atoms with van der Waals surface area (Å²) in [5.74, 6) is -1.93. The smallest absolute Gasteiger partial charge is 0.326 e. The largest absolute Gasteiger partial charge is 0.506 e. The topological polar surface area (TPSA) is 108 Å². The van der Waals surface area contributed by atoms with Gasteiger partial charge in [-0.15, -0.1) is 0 Å². The van der Waals surface area contributed by atoms with Gasteiger partial charge >= 0.3 is 10.2 Å². The monoisotopic (exact) mass is 369 g/mol. The zero-order valence-corrected chi connectivity index (χ0v) is 14.1. The van der Waals surface area contributed by atoms with Crippen LogP contribution in [0.3, 0.4) is 0 Å². The number of benzene rings is 2. The van der Waals surface area contributed by atoms with Crippen LogP contribution < -0.4 is 19.1 Å². The van der Waals surface area contributed by atoms with Crippen LogP contribution in [0.5, 0.6) is 11.5 Å². The first-order valence-corrected chi connectivity index (χ1v) is 8.83. The summed E-state index contributed by atoms with van der Waals surface area (Å²) in [4.78, 5) is 11.4. The molecule has 0 radical (unpaired) electrons. The Morgan fingerprint density at radius 1 is 1.40 bits per heavy atom. The molecule has 0 bridgehead atoms. The van der Waals surface area contributed by atoms with E-state index in [-0.39, 0.29) is 5.39 Å². The Balaban J connectivity index is 2.09. The summed E-state index contributed by atoms with van der Waals surface area (Å²) in [6.07, 6.45) is 0. The molecule has 1 aliphatic heterocycles. The van der Waals surface area contributed by atoms with Crippen molar-refractivity contribution in [1.29, 1.82) is 0 Å². The van der Waals surface area contributed by atoms with Gasteiger partial charge in [0.2, 0.25) is 0 Å². The van der Waals surface area contributed by atoms with Gasteiger partial charge < -0.3 is 15.2 Å². The van der Waals surface area contributed by atoms with Crippen LogP contribution in [0.2, 0.25) is 0 Å². The maximum absolute atomic E-state index is 14.9. The number of anilines is 1. The number of carbonyl (C=O) groups is 1. The fraction of sp³-hybridized carbons (Fsp3) is 0.267. The number of rotatable bonds is 5. The highest BCUT2D eigenvalue weighted by Crippen LogP contribution is 2.39. The number of halogens is 1. The lowest BCUT2D eigenvalue weighted by Gasteiger charge is -2.18. The SMILES string of the molecule is CNCCOc1ccc2cc(O)c(N3CC(=O)NS3(=O)=O)c(F)c2c1. The molecular formula is C15H16FN3O5S. The predicted molar refractivity (Wildman–Crippen MR) is 89.4 cm³/mol. The number of amides is 1. The van der Waals surface area contributed by atoms with E-state index in [2.05, 4.69) is 5.32 Å². The maximum Gasteiger partial charge on any atom is 0.326 e. The van der Waals surface area contributed by atoms with E-state index in [1.807, 2.05) is 0 Å². The molecule has 0 spiro atoms. The second kappa shape index (κ2) is 6.37. The number of likely N-dealkylation sites (N-methyl/N-ethyl adjacent to an activating group) is 1. The van der Waals surface area contributed by atoms with Gasteiger partial charge in [-0.05, 0) is 30.6 Å². The average Bonchev–Trinajstić information content (AvgIpc) is 2.81. The van der Waals surface area contributed by atoms with Crippen molar-refractivity contribution in [2.45, 2.75) is 0 Å². The molecular weight excluding hydrogens is 353 g/mol. The Morgan fingerprint density at radius 3 is 2.80 bits per heavy atom. The van der Waals surface area contributed by atoms with Crippen molar-refractivity contribution < 1.29 is 27.4 Å². The third kappa shape index (κ3) is 3.17. The van der Waals surface area contributed by atoms with Crippen molar-refractivity contribution in [1.82, 2.24) is 10.0 Å². The fourth-order valence-corrected chi connectivity index (χ4v) is 3.71.